The van der Waals surface area contributed by atoms with Crippen LogP contribution in [0.15, 0.2) is 12.2 Å². The number of halogens is 3. The predicted molar refractivity (Wildman–Crippen MR) is 42.7 cm³/mol. The first-order chi connectivity index (χ1) is 6.88. The van der Waals surface area contributed by atoms with Crippen LogP contribution in [0.25, 0.3) is 0 Å². The maximum absolute atomic E-state index is 12.1. The molecule has 1 heterocycles. The molecule has 1 atom stereocenters. The van der Waals surface area contributed by atoms with Gasteiger partial charge in [0, 0.05) is 6.54 Å². The summed E-state index contributed by atoms with van der Waals surface area (Å²) in [7, 11) is 1.05. The smallest absolute Gasteiger partial charge is 0.467 e. The van der Waals surface area contributed by atoms with Crippen LogP contribution in [0.3, 0.4) is 0 Å². The number of amides is 1. The molecule has 0 aromatic carbocycles. The fourth-order valence-corrected chi connectivity index (χ4v) is 1.22. The second-order valence-electron chi connectivity index (χ2n) is 2.85. The van der Waals surface area contributed by atoms with E-state index in [-0.39, 0.29) is 6.54 Å². The molecule has 0 aromatic heterocycles. The van der Waals surface area contributed by atoms with Crippen molar-refractivity contribution in [2.45, 2.75) is 12.2 Å². The van der Waals surface area contributed by atoms with Crippen molar-refractivity contribution in [1.82, 2.24) is 4.90 Å². The normalized spacial score (nSPS) is 20.5. The lowest BCUT2D eigenvalue weighted by molar-refractivity contribution is -0.187. The van der Waals surface area contributed by atoms with Crippen molar-refractivity contribution < 1.29 is 27.5 Å². The first-order valence-corrected chi connectivity index (χ1v) is 4.00. The second kappa shape index (κ2) is 3.92. The van der Waals surface area contributed by atoms with Gasteiger partial charge < -0.3 is 9.64 Å². The van der Waals surface area contributed by atoms with Gasteiger partial charge in [-0.1, -0.05) is 12.2 Å². The van der Waals surface area contributed by atoms with Crippen LogP contribution in [0.1, 0.15) is 0 Å². The van der Waals surface area contributed by atoms with Crippen molar-refractivity contribution in [3.05, 3.63) is 12.2 Å². The number of carbonyl (C=O) groups excluding carboxylic acids is 2. The third kappa shape index (κ3) is 2.28. The third-order valence-electron chi connectivity index (χ3n) is 1.90. The number of hydrogen-bond acceptors (Lipinski definition) is 3. The Morgan fingerprint density at radius 2 is 2.07 bits per heavy atom. The van der Waals surface area contributed by atoms with E-state index in [1.165, 1.54) is 12.2 Å². The second-order valence-corrected chi connectivity index (χ2v) is 2.85. The van der Waals surface area contributed by atoms with Crippen molar-refractivity contribution in [1.29, 1.82) is 0 Å². The summed E-state index contributed by atoms with van der Waals surface area (Å²) in [5, 5.41) is 0. The van der Waals surface area contributed by atoms with Gasteiger partial charge in [-0.2, -0.15) is 13.2 Å². The van der Waals surface area contributed by atoms with E-state index in [0.717, 1.165) is 7.11 Å². The minimum Gasteiger partial charge on any atom is -0.467 e. The zero-order valence-electron chi connectivity index (χ0n) is 7.75. The lowest BCUT2D eigenvalue weighted by Crippen LogP contribution is -2.47. The summed E-state index contributed by atoms with van der Waals surface area (Å²) in [5.41, 5.74) is 0. The standard InChI is InChI=1S/C8H8F3NO3/c1-15-6(13)5-3-2-4-12(5)7(14)8(9,10)11/h2-3,5H,4H2,1H3/t5-/m0/s1. The quantitative estimate of drug-likeness (QED) is 0.480. The molecule has 1 aliphatic heterocycles. The van der Waals surface area contributed by atoms with E-state index in [1.807, 2.05) is 0 Å². The number of carbonyl (C=O) groups is 2. The molecular formula is C8H8F3NO3. The Labute approximate surface area is 83.3 Å². The molecule has 84 valence electrons. The fraction of sp³-hybridized carbons (Fsp3) is 0.500. The average molecular weight is 223 g/mol. The van der Waals surface area contributed by atoms with E-state index < -0.39 is 24.1 Å². The zero-order chi connectivity index (χ0) is 11.6. The summed E-state index contributed by atoms with van der Waals surface area (Å²) in [5.74, 6) is -2.93. The monoisotopic (exact) mass is 223 g/mol. The Bertz CT molecular complexity index is 311. The van der Waals surface area contributed by atoms with Crippen molar-refractivity contribution in [3.63, 3.8) is 0 Å². The van der Waals surface area contributed by atoms with E-state index in [1.54, 1.807) is 0 Å². The summed E-state index contributed by atoms with van der Waals surface area (Å²) < 4.78 is 40.5. The number of rotatable bonds is 1. The molecule has 0 saturated heterocycles. The van der Waals surface area contributed by atoms with Crippen molar-refractivity contribution in [2.24, 2.45) is 0 Å². The molecule has 15 heavy (non-hydrogen) atoms. The SMILES string of the molecule is COC(=O)[C@@H]1C=CCN1C(=O)C(F)(F)F. The van der Waals surface area contributed by atoms with Gasteiger partial charge in [0.15, 0.2) is 0 Å². The van der Waals surface area contributed by atoms with Crippen LogP contribution >= 0.6 is 0 Å². The Balaban J connectivity index is 2.80. The van der Waals surface area contributed by atoms with E-state index in [0.29, 0.717) is 4.90 Å². The number of ether oxygens (including phenoxy) is 1. The molecule has 7 heteroatoms. The van der Waals surface area contributed by atoms with Gasteiger partial charge in [0.1, 0.15) is 6.04 Å². The molecule has 1 aliphatic rings. The summed E-state index contributed by atoms with van der Waals surface area (Å²) in [4.78, 5) is 22.3. The van der Waals surface area contributed by atoms with Gasteiger partial charge >= 0.3 is 18.1 Å². The highest BCUT2D eigenvalue weighted by atomic mass is 19.4. The number of nitrogens with zero attached hydrogens (tertiary/aromatic N) is 1. The molecule has 1 amide bonds. The first-order valence-electron chi connectivity index (χ1n) is 4.00. The summed E-state index contributed by atoms with van der Waals surface area (Å²) >= 11 is 0. The predicted octanol–water partition coefficient (Wildman–Crippen LogP) is 0.489. The summed E-state index contributed by atoms with van der Waals surface area (Å²) in [6.45, 7) is -0.238. The van der Waals surface area contributed by atoms with Crippen LogP contribution in [0.2, 0.25) is 0 Å². The van der Waals surface area contributed by atoms with E-state index in [2.05, 4.69) is 4.74 Å². The van der Waals surface area contributed by atoms with Gasteiger partial charge in [-0.15, -0.1) is 0 Å². The third-order valence-corrected chi connectivity index (χ3v) is 1.90. The molecule has 4 nitrogen and oxygen atoms in total. The zero-order valence-corrected chi connectivity index (χ0v) is 7.75. The summed E-state index contributed by atoms with van der Waals surface area (Å²) in [6, 6.07) is -1.27. The molecule has 0 N–H and O–H groups in total. The maximum Gasteiger partial charge on any atom is 0.471 e. The molecule has 0 aromatic rings. The molecule has 0 fully saturated rings. The number of esters is 1. The van der Waals surface area contributed by atoms with Crippen LogP contribution in [0, 0.1) is 0 Å². The number of alkyl halides is 3. The molecule has 0 saturated carbocycles. The van der Waals surface area contributed by atoms with Crippen LogP contribution in [-0.2, 0) is 14.3 Å². The van der Waals surface area contributed by atoms with Crippen LogP contribution < -0.4 is 0 Å². The Hall–Kier alpha value is -1.53. The molecule has 0 bridgehead atoms. The van der Waals surface area contributed by atoms with E-state index >= 15 is 0 Å². The highest BCUT2D eigenvalue weighted by Crippen LogP contribution is 2.22. The minimum atomic E-state index is -4.97. The van der Waals surface area contributed by atoms with Gasteiger partial charge in [-0.3, -0.25) is 4.79 Å². The van der Waals surface area contributed by atoms with Crippen molar-refractivity contribution in [3.8, 4) is 0 Å². The summed E-state index contributed by atoms with van der Waals surface area (Å²) in [6.07, 6.45) is -2.46. The van der Waals surface area contributed by atoms with Crippen LogP contribution in [-0.4, -0.2) is 42.6 Å². The van der Waals surface area contributed by atoms with Gasteiger partial charge in [0.2, 0.25) is 0 Å². The lowest BCUT2D eigenvalue weighted by Gasteiger charge is -2.23. The first kappa shape index (κ1) is 11.5. The van der Waals surface area contributed by atoms with Gasteiger partial charge in [-0.05, 0) is 0 Å². The maximum atomic E-state index is 12.1. The average Bonchev–Trinajstić information content (AvgIpc) is 2.62. The Kier molecular flexibility index (Phi) is 3.01. The molecule has 0 aliphatic carbocycles. The highest BCUT2D eigenvalue weighted by Gasteiger charge is 2.46. The Morgan fingerprint density at radius 3 is 2.53 bits per heavy atom. The number of methoxy groups -OCH3 is 1. The largest absolute Gasteiger partial charge is 0.471 e. The lowest BCUT2D eigenvalue weighted by atomic mass is 10.3. The molecule has 0 unspecified atom stereocenters. The van der Waals surface area contributed by atoms with Gasteiger partial charge in [-0.25, -0.2) is 4.79 Å². The van der Waals surface area contributed by atoms with E-state index in [4.69, 9.17) is 0 Å². The van der Waals surface area contributed by atoms with Gasteiger partial charge in [0.25, 0.3) is 0 Å². The highest BCUT2D eigenvalue weighted by molar-refractivity contribution is 5.89. The van der Waals surface area contributed by atoms with Crippen LogP contribution in [0.4, 0.5) is 13.2 Å². The van der Waals surface area contributed by atoms with Crippen molar-refractivity contribution >= 4 is 11.9 Å². The fourth-order valence-electron chi connectivity index (χ4n) is 1.22. The van der Waals surface area contributed by atoms with Gasteiger partial charge in [0.05, 0.1) is 7.11 Å². The van der Waals surface area contributed by atoms with Crippen molar-refractivity contribution in [2.75, 3.05) is 13.7 Å². The Morgan fingerprint density at radius 1 is 1.47 bits per heavy atom. The molecular weight excluding hydrogens is 215 g/mol. The van der Waals surface area contributed by atoms with Crippen LogP contribution in [0.5, 0.6) is 0 Å². The topological polar surface area (TPSA) is 46.6 Å². The molecule has 0 spiro atoms. The number of hydrogen-bond donors (Lipinski definition) is 0. The molecule has 0 radical (unpaired) electrons. The minimum absolute atomic E-state index is 0.238. The molecule has 1 rings (SSSR count). The van der Waals surface area contributed by atoms with E-state index in [9.17, 15) is 22.8 Å².